The number of anilines is 1. The minimum atomic E-state index is -0.204. The summed E-state index contributed by atoms with van der Waals surface area (Å²) in [6, 6.07) is 3.87. The second-order valence-corrected chi connectivity index (χ2v) is 4.39. The standard InChI is InChI=1S/C10H13N5OS/c1-11-7-3-4-12-8(5-7)6-17-10-14-13-9(16)15(10)2/h3-5H,6H2,1-2H3,(H,11,12)(H,13,16). The van der Waals surface area contributed by atoms with E-state index in [1.165, 1.54) is 16.3 Å². The maximum Gasteiger partial charge on any atom is 0.343 e. The molecule has 90 valence electrons. The minimum Gasteiger partial charge on any atom is -0.388 e. The summed E-state index contributed by atoms with van der Waals surface area (Å²) in [6.45, 7) is 0. The number of hydrogen-bond acceptors (Lipinski definition) is 5. The molecule has 0 aliphatic rings. The molecule has 0 aliphatic carbocycles. The number of H-pyrrole nitrogens is 1. The van der Waals surface area contributed by atoms with E-state index in [1.807, 2.05) is 19.2 Å². The summed E-state index contributed by atoms with van der Waals surface area (Å²) in [5.41, 5.74) is 1.76. The number of aromatic nitrogens is 4. The van der Waals surface area contributed by atoms with Crippen molar-refractivity contribution in [3.63, 3.8) is 0 Å². The van der Waals surface area contributed by atoms with Gasteiger partial charge in [0.2, 0.25) is 0 Å². The molecule has 17 heavy (non-hydrogen) atoms. The van der Waals surface area contributed by atoms with Gasteiger partial charge < -0.3 is 5.32 Å². The molecule has 2 N–H and O–H groups in total. The summed E-state index contributed by atoms with van der Waals surface area (Å²) >= 11 is 1.47. The lowest BCUT2D eigenvalue weighted by atomic mass is 10.3. The Bertz CT molecular complexity index is 562. The largest absolute Gasteiger partial charge is 0.388 e. The van der Waals surface area contributed by atoms with E-state index in [4.69, 9.17) is 0 Å². The minimum absolute atomic E-state index is 0.204. The smallest absolute Gasteiger partial charge is 0.343 e. The van der Waals surface area contributed by atoms with E-state index in [9.17, 15) is 4.79 Å². The molecule has 7 heteroatoms. The quantitative estimate of drug-likeness (QED) is 0.787. The number of thioether (sulfide) groups is 1. The van der Waals surface area contributed by atoms with E-state index in [0.29, 0.717) is 10.9 Å². The molecule has 0 saturated heterocycles. The summed E-state index contributed by atoms with van der Waals surface area (Å²) in [5.74, 6) is 0.674. The molecular weight excluding hydrogens is 238 g/mol. The Morgan fingerprint density at radius 2 is 2.41 bits per heavy atom. The van der Waals surface area contributed by atoms with Crippen molar-refractivity contribution in [2.75, 3.05) is 12.4 Å². The fourth-order valence-corrected chi connectivity index (χ4v) is 2.13. The maximum atomic E-state index is 11.2. The van der Waals surface area contributed by atoms with E-state index >= 15 is 0 Å². The van der Waals surface area contributed by atoms with Crippen LogP contribution in [0.1, 0.15) is 5.69 Å². The predicted octanol–water partition coefficient (Wildman–Crippen LogP) is 0.837. The lowest BCUT2D eigenvalue weighted by Gasteiger charge is -2.03. The maximum absolute atomic E-state index is 11.2. The predicted molar refractivity (Wildman–Crippen MR) is 67.2 cm³/mol. The summed E-state index contributed by atoms with van der Waals surface area (Å²) in [5, 5.41) is 10.0. The van der Waals surface area contributed by atoms with Crippen LogP contribution in [-0.4, -0.2) is 26.8 Å². The third kappa shape index (κ3) is 2.68. The summed E-state index contributed by atoms with van der Waals surface area (Å²) in [4.78, 5) is 15.4. The Morgan fingerprint density at radius 1 is 1.59 bits per heavy atom. The highest BCUT2D eigenvalue weighted by molar-refractivity contribution is 7.98. The van der Waals surface area contributed by atoms with Gasteiger partial charge in [-0.15, -0.1) is 5.10 Å². The Kier molecular flexibility index (Phi) is 3.48. The molecule has 2 heterocycles. The number of nitrogens with one attached hydrogen (secondary N) is 2. The molecule has 0 radical (unpaired) electrons. The van der Waals surface area contributed by atoms with Crippen LogP contribution in [0.15, 0.2) is 28.3 Å². The van der Waals surface area contributed by atoms with Crippen LogP contribution >= 0.6 is 11.8 Å². The number of rotatable bonds is 4. The van der Waals surface area contributed by atoms with Gasteiger partial charge >= 0.3 is 5.69 Å². The number of aromatic amines is 1. The van der Waals surface area contributed by atoms with E-state index in [1.54, 1.807) is 13.2 Å². The molecule has 2 aromatic heterocycles. The van der Waals surface area contributed by atoms with Crippen molar-refractivity contribution in [2.24, 2.45) is 7.05 Å². The van der Waals surface area contributed by atoms with Crippen molar-refractivity contribution in [2.45, 2.75) is 10.9 Å². The Balaban J connectivity index is 2.07. The first-order chi connectivity index (χ1) is 8.20. The molecule has 6 nitrogen and oxygen atoms in total. The van der Waals surface area contributed by atoms with Crippen LogP contribution < -0.4 is 11.0 Å². The van der Waals surface area contributed by atoms with Gasteiger partial charge in [0, 0.05) is 31.7 Å². The van der Waals surface area contributed by atoms with E-state index in [0.717, 1.165) is 11.4 Å². The summed E-state index contributed by atoms with van der Waals surface area (Å²) in [6.07, 6.45) is 1.76. The van der Waals surface area contributed by atoms with Gasteiger partial charge in [0.15, 0.2) is 5.16 Å². The van der Waals surface area contributed by atoms with Gasteiger partial charge in [0.05, 0.1) is 5.69 Å². The van der Waals surface area contributed by atoms with Gasteiger partial charge in [-0.25, -0.2) is 9.89 Å². The van der Waals surface area contributed by atoms with Crippen LogP contribution in [-0.2, 0) is 12.8 Å². The highest BCUT2D eigenvalue weighted by atomic mass is 32.2. The molecule has 0 atom stereocenters. The SMILES string of the molecule is CNc1ccnc(CSc2n[nH]c(=O)n2C)c1. The van der Waals surface area contributed by atoms with Crippen LogP contribution in [0.4, 0.5) is 5.69 Å². The van der Waals surface area contributed by atoms with Crippen molar-refractivity contribution in [3.05, 3.63) is 34.5 Å². The summed E-state index contributed by atoms with van der Waals surface area (Å²) < 4.78 is 1.48. The number of nitrogens with zero attached hydrogens (tertiary/aromatic N) is 3. The van der Waals surface area contributed by atoms with Crippen LogP contribution in [0.25, 0.3) is 0 Å². The van der Waals surface area contributed by atoms with Crippen molar-refractivity contribution >= 4 is 17.4 Å². The molecule has 0 unspecified atom stereocenters. The Labute approximate surface area is 102 Å². The van der Waals surface area contributed by atoms with Gasteiger partial charge in [-0.2, -0.15) is 0 Å². The first kappa shape index (κ1) is 11.7. The van der Waals surface area contributed by atoms with E-state index in [-0.39, 0.29) is 5.69 Å². The van der Waals surface area contributed by atoms with E-state index < -0.39 is 0 Å². The van der Waals surface area contributed by atoms with Gasteiger partial charge in [-0.05, 0) is 12.1 Å². The van der Waals surface area contributed by atoms with Crippen LogP contribution in [0.2, 0.25) is 0 Å². The Hall–Kier alpha value is -1.76. The third-order valence-electron chi connectivity index (χ3n) is 2.29. The lowest BCUT2D eigenvalue weighted by Crippen LogP contribution is -2.12. The molecule has 0 saturated carbocycles. The molecule has 0 fully saturated rings. The monoisotopic (exact) mass is 251 g/mol. The van der Waals surface area contributed by atoms with Gasteiger partial charge in [0.25, 0.3) is 0 Å². The van der Waals surface area contributed by atoms with Gasteiger partial charge in [-0.3, -0.25) is 9.55 Å². The first-order valence-corrected chi connectivity index (χ1v) is 6.06. The molecule has 0 amide bonds. The topological polar surface area (TPSA) is 75.6 Å². The zero-order valence-electron chi connectivity index (χ0n) is 9.60. The van der Waals surface area contributed by atoms with Crippen molar-refractivity contribution in [3.8, 4) is 0 Å². The molecule has 2 rings (SSSR count). The molecule has 2 aromatic rings. The molecule has 0 aromatic carbocycles. The van der Waals surface area contributed by atoms with Crippen LogP contribution in [0, 0.1) is 0 Å². The average molecular weight is 251 g/mol. The highest BCUT2D eigenvalue weighted by Crippen LogP contribution is 2.19. The number of pyridine rings is 1. The number of hydrogen-bond donors (Lipinski definition) is 2. The third-order valence-corrected chi connectivity index (χ3v) is 3.36. The van der Waals surface area contributed by atoms with Gasteiger partial charge in [0.1, 0.15) is 0 Å². The highest BCUT2D eigenvalue weighted by Gasteiger charge is 2.05. The zero-order valence-corrected chi connectivity index (χ0v) is 10.4. The normalized spacial score (nSPS) is 10.5. The fraction of sp³-hybridized carbons (Fsp3) is 0.300. The van der Waals surface area contributed by atoms with Crippen LogP contribution in [0.3, 0.4) is 0 Å². The van der Waals surface area contributed by atoms with Crippen molar-refractivity contribution in [1.82, 2.24) is 19.7 Å². The second kappa shape index (κ2) is 5.05. The Morgan fingerprint density at radius 3 is 3.06 bits per heavy atom. The molecular formula is C10H13N5OS. The van der Waals surface area contributed by atoms with Crippen molar-refractivity contribution in [1.29, 1.82) is 0 Å². The molecule has 0 bridgehead atoms. The first-order valence-electron chi connectivity index (χ1n) is 5.07. The van der Waals surface area contributed by atoms with Gasteiger partial charge in [-0.1, -0.05) is 11.8 Å². The summed E-state index contributed by atoms with van der Waals surface area (Å²) in [7, 11) is 3.55. The van der Waals surface area contributed by atoms with Crippen LogP contribution in [0.5, 0.6) is 0 Å². The fourth-order valence-electron chi connectivity index (χ4n) is 1.31. The molecule has 0 spiro atoms. The average Bonchev–Trinajstić information content (AvgIpc) is 2.68. The van der Waals surface area contributed by atoms with E-state index in [2.05, 4.69) is 20.5 Å². The molecule has 0 aliphatic heterocycles. The lowest BCUT2D eigenvalue weighted by molar-refractivity contribution is 0.765. The van der Waals surface area contributed by atoms with Crippen molar-refractivity contribution < 1.29 is 0 Å². The zero-order chi connectivity index (χ0) is 12.3. The second-order valence-electron chi connectivity index (χ2n) is 3.44.